The monoisotopic (exact) mass is 972 g/mol. The summed E-state index contributed by atoms with van der Waals surface area (Å²) in [5.41, 5.74) is 6.77. The van der Waals surface area contributed by atoms with E-state index in [0.29, 0.717) is 13.2 Å². The van der Waals surface area contributed by atoms with Crippen molar-refractivity contribution in [2.24, 2.45) is 0 Å². The molecule has 9 rings (SSSR count). The average Bonchev–Trinajstić information content (AvgIpc) is 3.43. The third kappa shape index (κ3) is 14.8. The first kappa shape index (κ1) is 51.0. The van der Waals surface area contributed by atoms with Crippen LogP contribution in [0.25, 0.3) is 0 Å². The first-order chi connectivity index (χ1) is 35.6. The molecule has 0 saturated carbocycles. The molecule has 7 aromatic carbocycles. The molecule has 11 heteroatoms. The predicted molar refractivity (Wildman–Crippen MR) is 272 cm³/mol. The Morgan fingerprint density at radius 3 is 0.889 bits per heavy atom. The van der Waals surface area contributed by atoms with E-state index in [1.54, 1.807) is 0 Å². The Kier molecular flexibility index (Phi) is 19.3. The number of hydrogen-bond donors (Lipinski definition) is 1. The summed E-state index contributed by atoms with van der Waals surface area (Å²) in [6, 6.07) is 69.6. The van der Waals surface area contributed by atoms with Crippen LogP contribution in [0.5, 0.6) is 0 Å². The SMILES string of the molecule is O[C@H]1O[C@H](COCc2ccccc2)[C@@H](OCc2ccccc2)[C@H](OCc2ccccc2)[C@H]1OC1O[C@H](COCc2ccccc2)[C@@H](OCc2ccccc2)[C@H](OCc2ccccc2)[C@H]1OCc1ccccc1. The maximum absolute atomic E-state index is 12.3. The molecule has 2 aliphatic heterocycles. The second-order valence-corrected chi connectivity index (χ2v) is 18.0. The molecule has 7 aromatic rings. The zero-order chi connectivity index (χ0) is 49.0. The van der Waals surface area contributed by atoms with Gasteiger partial charge >= 0.3 is 0 Å². The number of aliphatic hydroxyl groups excluding tert-OH is 1. The van der Waals surface area contributed by atoms with Crippen LogP contribution in [0.15, 0.2) is 212 Å². The number of rotatable bonds is 25. The molecule has 2 aliphatic rings. The fraction of sp³-hybridized carbons (Fsp3) is 0.311. The van der Waals surface area contributed by atoms with Crippen molar-refractivity contribution in [2.75, 3.05) is 13.2 Å². The zero-order valence-electron chi connectivity index (χ0n) is 40.4. The van der Waals surface area contributed by atoms with E-state index in [9.17, 15) is 5.11 Å². The van der Waals surface area contributed by atoms with E-state index >= 15 is 0 Å². The fourth-order valence-electron chi connectivity index (χ4n) is 8.98. The summed E-state index contributed by atoms with van der Waals surface area (Å²) < 4.78 is 68.3. The van der Waals surface area contributed by atoms with Crippen molar-refractivity contribution in [3.63, 3.8) is 0 Å². The molecular formula is C61H64O11. The summed E-state index contributed by atoms with van der Waals surface area (Å²) in [4.78, 5) is 0. The number of hydrogen-bond acceptors (Lipinski definition) is 11. The van der Waals surface area contributed by atoms with Gasteiger partial charge in [0.25, 0.3) is 0 Å². The zero-order valence-corrected chi connectivity index (χ0v) is 40.4. The Bertz CT molecular complexity index is 2550. The van der Waals surface area contributed by atoms with E-state index in [4.69, 9.17) is 47.4 Å². The van der Waals surface area contributed by atoms with Gasteiger partial charge in [-0.25, -0.2) is 0 Å². The van der Waals surface area contributed by atoms with Crippen LogP contribution in [0, 0.1) is 0 Å². The lowest BCUT2D eigenvalue weighted by Gasteiger charge is -2.49. The highest BCUT2D eigenvalue weighted by atomic mass is 16.8. The van der Waals surface area contributed by atoms with Gasteiger partial charge in [-0.05, 0) is 38.9 Å². The summed E-state index contributed by atoms with van der Waals surface area (Å²) >= 11 is 0. The summed E-state index contributed by atoms with van der Waals surface area (Å²) in [5.74, 6) is 0. The van der Waals surface area contributed by atoms with Gasteiger partial charge < -0.3 is 52.5 Å². The van der Waals surface area contributed by atoms with Crippen LogP contribution in [0.1, 0.15) is 38.9 Å². The van der Waals surface area contributed by atoms with Crippen LogP contribution in [0.4, 0.5) is 0 Å². The van der Waals surface area contributed by atoms with E-state index in [0.717, 1.165) is 38.9 Å². The van der Waals surface area contributed by atoms with E-state index in [1.807, 2.05) is 212 Å². The third-order valence-electron chi connectivity index (χ3n) is 12.7. The van der Waals surface area contributed by atoms with Crippen LogP contribution in [-0.2, 0) is 93.6 Å². The molecule has 0 aromatic heterocycles. The highest BCUT2D eigenvalue weighted by molar-refractivity contribution is 5.19. The topological polar surface area (TPSA) is 113 Å². The molecule has 10 atom stereocenters. The molecule has 0 aliphatic carbocycles. The molecule has 0 bridgehead atoms. The molecule has 0 spiro atoms. The Labute approximate surface area is 423 Å². The summed E-state index contributed by atoms with van der Waals surface area (Å²) in [6.07, 6.45) is -9.48. The van der Waals surface area contributed by atoms with Gasteiger partial charge in [-0.2, -0.15) is 0 Å². The number of aliphatic hydroxyl groups is 1. The van der Waals surface area contributed by atoms with Gasteiger partial charge in [0.1, 0.15) is 48.8 Å². The molecule has 0 radical (unpaired) electrons. The van der Waals surface area contributed by atoms with Gasteiger partial charge in [0.05, 0.1) is 59.5 Å². The lowest BCUT2D eigenvalue weighted by atomic mass is 9.96. The predicted octanol–water partition coefficient (Wildman–Crippen LogP) is 10.2. The van der Waals surface area contributed by atoms with E-state index in [1.165, 1.54) is 0 Å². The molecular weight excluding hydrogens is 909 g/mol. The molecule has 1 unspecified atom stereocenters. The minimum Gasteiger partial charge on any atom is -0.374 e. The Morgan fingerprint density at radius 2 is 0.556 bits per heavy atom. The molecule has 1 N–H and O–H groups in total. The lowest BCUT2D eigenvalue weighted by molar-refractivity contribution is -0.379. The summed E-state index contributed by atoms with van der Waals surface area (Å²) in [6.45, 7) is 2.01. The van der Waals surface area contributed by atoms with Gasteiger partial charge in [0, 0.05) is 0 Å². The number of benzene rings is 7. The van der Waals surface area contributed by atoms with E-state index in [-0.39, 0.29) is 46.2 Å². The number of ether oxygens (including phenoxy) is 10. The molecule has 0 amide bonds. The van der Waals surface area contributed by atoms with Crippen molar-refractivity contribution in [3.8, 4) is 0 Å². The maximum Gasteiger partial charge on any atom is 0.187 e. The highest BCUT2D eigenvalue weighted by Crippen LogP contribution is 2.36. The third-order valence-corrected chi connectivity index (χ3v) is 12.7. The van der Waals surface area contributed by atoms with Crippen molar-refractivity contribution >= 4 is 0 Å². The van der Waals surface area contributed by atoms with Gasteiger partial charge in [0.2, 0.25) is 0 Å². The van der Waals surface area contributed by atoms with Gasteiger partial charge in [-0.15, -0.1) is 0 Å². The average molecular weight is 973 g/mol. The fourth-order valence-corrected chi connectivity index (χ4v) is 8.98. The summed E-state index contributed by atoms with van der Waals surface area (Å²) in [5, 5.41) is 12.3. The van der Waals surface area contributed by atoms with Gasteiger partial charge in [0.15, 0.2) is 12.6 Å². The second-order valence-electron chi connectivity index (χ2n) is 18.0. The van der Waals surface area contributed by atoms with Crippen molar-refractivity contribution in [3.05, 3.63) is 251 Å². The van der Waals surface area contributed by atoms with Crippen molar-refractivity contribution in [1.29, 1.82) is 0 Å². The molecule has 72 heavy (non-hydrogen) atoms. The van der Waals surface area contributed by atoms with Crippen LogP contribution < -0.4 is 0 Å². The minimum atomic E-state index is -1.52. The van der Waals surface area contributed by atoms with E-state index in [2.05, 4.69) is 0 Å². The molecule has 11 nitrogen and oxygen atoms in total. The Balaban J connectivity index is 1.07. The standard InChI is InChI=1S/C61H64O11/c62-60-58(56(67-40-49-30-16-5-17-31-49)54(65-38-47-26-12-3-13-27-47)52(70-60)43-63-36-45-22-8-1-9-23-45)72-61-59(69-42-51-34-20-7-21-35-51)57(68-41-50-32-18-6-19-33-50)55(66-39-48-28-14-4-15-29-48)53(71-61)44-64-37-46-24-10-2-11-25-46/h1-35,52-62H,36-44H2/t52-,53-,54-,55-,56+,57+,58-,59-,60+,61?/m1/s1. The molecule has 2 fully saturated rings. The highest BCUT2D eigenvalue weighted by Gasteiger charge is 2.54. The summed E-state index contributed by atoms with van der Waals surface area (Å²) in [7, 11) is 0. The smallest absolute Gasteiger partial charge is 0.187 e. The van der Waals surface area contributed by atoms with Crippen molar-refractivity contribution in [1.82, 2.24) is 0 Å². The van der Waals surface area contributed by atoms with Gasteiger partial charge in [-0.3, -0.25) is 0 Å². The maximum atomic E-state index is 12.3. The second kappa shape index (κ2) is 27.2. The van der Waals surface area contributed by atoms with E-state index < -0.39 is 61.4 Å². The lowest BCUT2D eigenvalue weighted by Crippen LogP contribution is -2.66. The molecule has 374 valence electrons. The Morgan fingerprint density at radius 1 is 0.292 bits per heavy atom. The van der Waals surface area contributed by atoms with Crippen molar-refractivity contribution < 1.29 is 52.5 Å². The van der Waals surface area contributed by atoms with Crippen LogP contribution >= 0.6 is 0 Å². The van der Waals surface area contributed by atoms with Crippen LogP contribution in [-0.4, -0.2) is 79.7 Å². The van der Waals surface area contributed by atoms with Crippen LogP contribution in [0.2, 0.25) is 0 Å². The molecule has 2 saturated heterocycles. The first-order valence-corrected chi connectivity index (χ1v) is 24.8. The van der Waals surface area contributed by atoms with Gasteiger partial charge in [-0.1, -0.05) is 212 Å². The molecule has 2 heterocycles. The minimum absolute atomic E-state index is 0.0999. The van der Waals surface area contributed by atoms with Crippen molar-refractivity contribution in [2.45, 2.75) is 108 Å². The Hall–Kier alpha value is -5.90. The van der Waals surface area contributed by atoms with Crippen LogP contribution in [0.3, 0.4) is 0 Å². The normalized spacial score (nSPS) is 24.2. The first-order valence-electron chi connectivity index (χ1n) is 24.8. The largest absolute Gasteiger partial charge is 0.374 e. The quantitative estimate of drug-likeness (QED) is 0.0591.